The van der Waals surface area contributed by atoms with Gasteiger partial charge in [0.15, 0.2) is 0 Å². The fourth-order valence-electron chi connectivity index (χ4n) is 1.87. The maximum atomic E-state index is 11.8. The zero-order chi connectivity index (χ0) is 12.1. The molecule has 1 heterocycles. The van der Waals surface area contributed by atoms with Gasteiger partial charge in [0.2, 0.25) is 0 Å². The number of ether oxygens (including phenoxy) is 1. The Bertz CT molecular complexity index is 438. The Kier molecular flexibility index (Phi) is 3.81. The number of allylic oxidation sites excluding steroid dienone is 1. The third-order valence-corrected chi connectivity index (χ3v) is 2.78. The second-order valence-corrected chi connectivity index (χ2v) is 4.03. The molecular formula is C14H17NO2. The van der Waals surface area contributed by atoms with Crippen molar-refractivity contribution in [1.29, 1.82) is 0 Å². The molecule has 1 aromatic rings. The maximum Gasteiger partial charge on any atom is 0.251 e. The molecule has 0 bridgehead atoms. The molecule has 0 aliphatic carbocycles. The third kappa shape index (κ3) is 2.87. The van der Waals surface area contributed by atoms with Gasteiger partial charge in [-0.2, -0.15) is 0 Å². The second-order valence-electron chi connectivity index (χ2n) is 4.03. The van der Waals surface area contributed by atoms with Gasteiger partial charge in [0, 0.05) is 18.5 Å². The number of nitrogens with one attached hydrogen (secondary N) is 1. The normalized spacial score (nSPS) is 13.5. The van der Waals surface area contributed by atoms with Crippen LogP contribution in [0.3, 0.4) is 0 Å². The molecule has 2 rings (SSSR count). The maximum absolute atomic E-state index is 11.8. The molecule has 1 aromatic carbocycles. The van der Waals surface area contributed by atoms with Gasteiger partial charge < -0.3 is 10.1 Å². The summed E-state index contributed by atoms with van der Waals surface area (Å²) in [6, 6.07) is 5.62. The monoisotopic (exact) mass is 231 g/mol. The summed E-state index contributed by atoms with van der Waals surface area (Å²) < 4.78 is 5.41. The van der Waals surface area contributed by atoms with Crippen LogP contribution in [0.2, 0.25) is 0 Å². The van der Waals surface area contributed by atoms with Crippen LogP contribution in [0.15, 0.2) is 30.4 Å². The predicted octanol–water partition coefficient (Wildman–Crippen LogP) is 2.32. The summed E-state index contributed by atoms with van der Waals surface area (Å²) in [5, 5.41) is 2.89. The molecule has 1 aliphatic rings. The fourth-order valence-corrected chi connectivity index (χ4v) is 1.87. The minimum atomic E-state index is -0.01000. The third-order valence-electron chi connectivity index (χ3n) is 2.78. The quantitative estimate of drug-likeness (QED) is 0.638. The Hall–Kier alpha value is -1.77. The summed E-state index contributed by atoms with van der Waals surface area (Å²) in [7, 11) is 0. The first kappa shape index (κ1) is 11.7. The summed E-state index contributed by atoms with van der Waals surface area (Å²) in [6.45, 7) is 3.38. The van der Waals surface area contributed by atoms with Gasteiger partial charge in [-0.25, -0.2) is 0 Å². The summed E-state index contributed by atoms with van der Waals surface area (Å²) in [5.74, 6) is 0.902. The van der Waals surface area contributed by atoms with Gasteiger partial charge in [0.05, 0.1) is 6.61 Å². The van der Waals surface area contributed by atoms with Gasteiger partial charge in [0.1, 0.15) is 5.75 Å². The second kappa shape index (κ2) is 5.53. The molecule has 1 N–H and O–H groups in total. The number of carbonyl (C=O) groups is 1. The van der Waals surface area contributed by atoms with Crippen LogP contribution in [-0.2, 0) is 6.42 Å². The lowest BCUT2D eigenvalue weighted by molar-refractivity contribution is 0.0954. The van der Waals surface area contributed by atoms with E-state index in [4.69, 9.17) is 4.74 Å². The van der Waals surface area contributed by atoms with Crippen molar-refractivity contribution in [1.82, 2.24) is 5.32 Å². The van der Waals surface area contributed by atoms with E-state index in [1.165, 1.54) is 0 Å². The van der Waals surface area contributed by atoms with Crippen LogP contribution in [0, 0.1) is 0 Å². The minimum Gasteiger partial charge on any atom is -0.493 e. The van der Waals surface area contributed by atoms with Gasteiger partial charge in [-0.05, 0) is 37.1 Å². The smallest absolute Gasteiger partial charge is 0.251 e. The molecule has 0 unspecified atom stereocenters. The number of hydrogen-bond donors (Lipinski definition) is 1. The number of carbonyl (C=O) groups excluding carboxylic acids is 1. The number of amides is 1. The lowest BCUT2D eigenvalue weighted by Gasteiger charge is -2.05. The Balaban J connectivity index is 1.95. The van der Waals surface area contributed by atoms with E-state index in [9.17, 15) is 4.79 Å². The summed E-state index contributed by atoms with van der Waals surface area (Å²) in [5.41, 5.74) is 1.85. The molecule has 0 saturated heterocycles. The van der Waals surface area contributed by atoms with Crippen LogP contribution < -0.4 is 10.1 Å². The van der Waals surface area contributed by atoms with Crippen molar-refractivity contribution in [2.24, 2.45) is 0 Å². The Morgan fingerprint density at radius 1 is 1.53 bits per heavy atom. The van der Waals surface area contributed by atoms with Crippen molar-refractivity contribution >= 4 is 5.91 Å². The van der Waals surface area contributed by atoms with Crippen molar-refractivity contribution in [2.45, 2.75) is 19.8 Å². The first-order chi connectivity index (χ1) is 8.31. The molecule has 0 radical (unpaired) electrons. The largest absolute Gasteiger partial charge is 0.493 e. The van der Waals surface area contributed by atoms with E-state index < -0.39 is 0 Å². The van der Waals surface area contributed by atoms with Gasteiger partial charge in [-0.1, -0.05) is 12.2 Å². The average Bonchev–Trinajstić information content (AvgIpc) is 2.81. The van der Waals surface area contributed by atoms with Crippen LogP contribution in [0.5, 0.6) is 5.75 Å². The molecule has 3 heteroatoms. The zero-order valence-corrected chi connectivity index (χ0v) is 10.0. The highest BCUT2D eigenvalue weighted by Gasteiger charge is 2.14. The number of fused-ring (bicyclic) bond motifs is 1. The highest BCUT2D eigenvalue weighted by atomic mass is 16.5. The molecular weight excluding hydrogens is 214 g/mol. The number of benzene rings is 1. The number of rotatable bonds is 4. The summed E-state index contributed by atoms with van der Waals surface area (Å²) >= 11 is 0. The SMILES string of the molecule is C/C=C/CCNC(=O)c1ccc2c(c1)CCO2. The molecule has 0 fully saturated rings. The molecule has 0 atom stereocenters. The van der Waals surface area contributed by atoms with Crippen molar-refractivity contribution in [2.75, 3.05) is 13.2 Å². The lowest BCUT2D eigenvalue weighted by Crippen LogP contribution is -2.24. The molecule has 0 saturated carbocycles. The Morgan fingerprint density at radius 3 is 3.24 bits per heavy atom. The number of hydrogen-bond acceptors (Lipinski definition) is 2. The van der Waals surface area contributed by atoms with E-state index in [-0.39, 0.29) is 5.91 Å². The van der Waals surface area contributed by atoms with E-state index in [0.29, 0.717) is 6.54 Å². The van der Waals surface area contributed by atoms with Crippen molar-refractivity contribution in [3.8, 4) is 5.75 Å². The Morgan fingerprint density at radius 2 is 2.41 bits per heavy atom. The highest BCUT2D eigenvalue weighted by Crippen LogP contribution is 2.25. The molecule has 90 valence electrons. The first-order valence-corrected chi connectivity index (χ1v) is 5.96. The molecule has 3 nitrogen and oxygen atoms in total. The lowest BCUT2D eigenvalue weighted by atomic mass is 10.1. The summed E-state index contributed by atoms with van der Waals surface area (Å²) in [6.07, 6.45) is 5.79. The molecule has 17 heavy (non-hydrogen) atoms. The van der Waals surface area contributed by atoms with Crippen LogP contribution in [0.1, 0.15) is 29.3 Å². The van der Waals surface area contributed by atoms with E-state index in [2.05, 4.69) is 5.32 Å². The zero-order valence-electron chi connectivity index (χ0n) is 10.0. The van der Waals surface area contributed by atoms with Gasteiger partial charge >= 0.3 is 0 Å². The predicted molar refractivity (Wildman–Crippen MR) is 67.4 cm³/mol. The fraction of sp³-hybridized carbons (Fsp3) is 0.357. The van der Waals surface area contributed by atoms with Crippen LogP contribution in [-0.4, -0.2) is 19.1 Å². The van der Waals surface area contributed by atoms with Gasteiger partial charge in [-0.3, -0.25) is 4.79 Å². The van der Waals surface area contributed by atoms with Crippen LogP contribution in [0.25, 0.3) is 0 Å². The van der Waals surface area contributed by atoms with Crippen LogP contribution >= 0.6 is 0 Å². The Labute approximate surface area is 101 Å². The minimum absolute atomic E-state index is 0.01000. The molecule has 1 aliphatic heterocycles. The molecule has 0 aromatic heterocycles. The highest BCUT2D eigenvalue weighted by molar-refractivity contribution is 5.94. The van der Waals surface area contributed by atoms with E-state index in [1.807, 2.05) is 37.3 Å². The summed E-state index contributed by atoms with van der Waals surface area (Å²) in [4.78, 5) is 11.8. The van der Waals surface area contributed by atoms with Gasteiger partial charge in [-0.15, -0.1) is 0 Å². The molecule has 1 amide bonds. The standard InChI is InChI=1S/C14H17NO2/c1-2-3-4-8-15-14(16)12-5-6-13-11(10-12)7-9-17-13/h2-3,5-6,10H,4,7-9H2,1H3,(H,15,16)/b3-2+. The first-order valence-electron chi connectivity index (χ1n) is 5.96. The van der Waals surface area contributed by atoms with Crippen molar-refractivity contribution in [3.05, 3.63) is 41.5 Å². The average molecular weight is 231 g/mol. The van der Waals surface area contributed by atoms with Crippen molar-refractivity contribution < 1.29 is 9.53 Å². The van der Waals surface area contributed by atoms with E-state index in [1.54, 1.807) is 0 Å². The van der Waals surface area contributed by atoms with Crippen molar-refractivity contribution in [3.63, 3.8) is 0 Å². The molecule has 0 spiro atoms. The van der Waals surface area contributed by atoms with E-state index in [0.717, 1.165) is 36.3 Å². The van der Waals surface area contributed by atoms with Gasteiger partial charge in [0.25, 0.3) is 5.91 Å². The van der Waals surface area contributed by atoms with Crippen LogP contribution in [0.4, 0.5) is 0 Å². The van der Waals surface area contributed by atoms with E-state index >= 15 is 0 Å². The topological polar surface area (TPSA) is 38.3 Å².